The molecule has 0 atom stereocenters. The molecular weight excluding hydrogens is 108 g/mol. The van der Waals surface area contributed by atoms with Gasteiger partial charge in [0, 0.05) is 6.28 Å². The smallest absolute Gasteiger partial charge is 0.0227 e. The van der Waals surface area contributed by atoms with Gasteiger partial charge in [-0.25, -0.2) is 0 Å². The van der Waals surface area contributed by atoms with Gasteiger partial charge < -0.3 is 5.14 Å². The van der Waals surface area contributed by atoms with E-state index in [9.17, 15) is 0 Å². The topological polar surface area (TPSA) is 12.0 Å². The standard InChI is InChI=1S/C6H19B2N/c1-4-8(5-2,6-3)9-7/h9H,4-6H2,1-3,7H3/q-2. The summed E-state index contributed by atoms with van der Waals surface area (Å²) in [6.45, 7) is 6.92. The van der Waals surface area contributed by atoms with Gasteiger partial charge in [0.25, 0.3) is 0 Å². The molecule has 0 fully saturated rings. The summed E-state index contributed by atoms with van der Waals surface area (Å²) in [6.07, 6.45) is 3.99. The zero-order valence-corrected chi connectivity index (χ0v) is 6.20. The Morgan fingerprint density at radius 2 is 1.44 bits per heavy atom. The summed E-state index contributed by atoms with van der Waals surface area (Å²) in [5.74, 6) is 0. The fourth-order valence-corrected chi connectivity index (χ4v) is 0.866. The minimum atomic E-state index is -0.0833. The molecule has 0 aromatic heterocycles. The van der Waals surface area contributed by atoms with E-state index in [1.165, 1.54) is 19.0 Å². The molecule has 0 saturated carbocycles. The van der Waals surface area contributed by atoms with E-state index in [-0.39, 0.29) is 6.28 Å². The van der Waals surface area contributed by atoms with Crippen LogP contribution in [0.15, 0.2) is 0 Å². The summed E-state index contributed by atoms with van der Waals surface area (Å²) in [7, 11) is 0.411. The van der Waals surface area contributed by atoms with Crippen molar-refractivity contribution < 1.29 is 0 Å². The summed E-state index contributed by atoms with van der Waals surface area (Å²) in [5.41, 5.74) is 0. The molecule has 0 spiro atoms. The number of hydrogen-bond acceptors (Lipinski definition) is 1. The van der Waals surface area contributed by atoms with Gasteiger partial charge in [-0.3, -0.25) is 0 Å². The van der Waals surface area contributed by atoms with Gasteiger partial charge in [0.15, 0.2) is 0 Å². The van der Waals surface area contributed by atoms with Crippen LogP contribution in [0.3, 0.4) is 0 Å². The van der Waals surface area contributed by atoms with E-state index in [1.54, 1.807) is 0 Å². The maximum atomic E-state index is 3.68. The molecule has 0 amide bonds. The lowest BCUT2D eigenvalue weighted by atomic mass is 9.29. The first-order valence-corrected chi connectivity index (χ1v) is 3.63. The van der Waals surface area contributed by atoms with E-state index in [0.717, 1.165) is 0 Å². The van der Waals surface area contributed by atoms with Gasteiger partial charge >= 0.3 is 0 Å². The molecule has 0 bridgehead atoms. The highest BCUT2D eigenvalue weighted by molar-refractivity contribution is 6.80. The zero-order chi connectivity index (χ0) is 7.33. The van der Waals surface area contributed by atoms with Crippen molar-refractivity contribution in [3.8, 4) is 0 Å². The summed E-state index contributed by atoms with van der Waals surface area (Å²) in [5, 5.41) is 3.68. The average Bonchev–Trinajstić information content (AvgIpc) is 1.95. The largest absolute Gasteiger partial charge is 0.676 e. The Bertz CT molecular complexity index is 53.9. The summed E-state index contributed by atoms with van der Waals surface area (Å²) < 4.78 is 0. The van der Waals surface area contributed by atoms with E-state index in [2.05, 4.69) is 25.9 Å². The van der Waals surface area contributed by atoms with Crippen molar-refractivity contribution >= 4 is 14.3 Å². The second-order valence-corrected chi connectivity index (χ2v) is 2.70. The van der Waals surface area contributed by atoms with Crippen molar-refractivity contribution in [2.75, 3.05) is 0 Å². The molecule has 0 rings (SSSR count). The van der Waals surface area contributed by atoms with Crippen molar-refractivity contribution in [2.45, 2.75) is 39.7 Å². The van der Waals surface area contributed by atoms with Crippen LogP contribution in [0.1, 0.15) is 20.8 Å². The van der Waals surface area contributed by atoms with Crippen LogP contribution in [0.4, 0.5) is 0 Å². The van der Waals surface area contributed by atoms with Crippen LogP contribution >= 0.6 is 0 Å². The highest BCUT2D eigenvalue weighted by atomic mass is 14.7. The SMILES string of the molecule is [BH3-]N[B-](CC)(CC)CC. The monoisotopic (exact) mass is 127 g/mol. The van der Waals surface area contributed by atoms with E-state index in [0.29, 0.717) is 7.98 Å². The molecule has 0 aliphatic heterocycles. The molecule has 0 aliphatic rings. The van der Waals surface area contributed by atoms with Gasteiger partial charge in [-0.05, 0) is 7.98 Å². The Balaban J connectivity index is 3.82. The van der Waals surface area contributed by atoms with Gasteiger partial charge in [-0.1, -0.05) is 20.8 Å². The van der Waals surface area contributed by atoms with Crippen LogP contribution in [-0.4, -0.2) is 14.3 Å². The lowest BCUT2D eigenvalue weighted by Gasteiger charge is -2.40. The molecule has 3 heteroatoms. The minimum absolute atomic E-state index is 0.0833. The maximum Gasteiger partial charge on any atom is 0.0227 e. The molecule has 0 aromatic carbocycles. The maximum absolute atomic E-state index is 3.68. The fraction of sp³-hybridized carbons (Fsp3) is 1.00. The van der Waals surface area contributed by atoms with Crippen LogP contribution < -0.4 is 5.14 Å². The Morgan fingerprint density at radius 3 is 1.44 bits per heavy atom. The summed E-state index contributed by atoms with van der Waals surface area (Å²) >= 11 is 0. The van der Waals surface area contributed by atoms with Gasteiger partial charge in [0.2, 0.25) is 0 Å². The number of hydrogen-bond donors (Lipinski definition) is 1. The molecule has 0 aromatic rings. The van der Waals surface area contributed by atoms with Crippen LogP contribution in [-0.2, 0) is 0 Å². The molecule has 0 aliphatic carbocycles. The molecule has 1 N–H and O–H groups in total. The zero-order valence-electron chi connectivity index (χ0n) is 6.20. The van der Waals surface area contributed by atoms with Crippen LogP contribution in [0.25, 0.3) is 0 Å². The quantitative estimate of drug-likeness (QED) is 0.552. The van der Waals surface area contributed by atoms with Gasteiger partial charge in [-0.15, -0.1) is 0 Å². The first-order chi connectivity index (χ1) is 4.24. The van der Waals surface area contributed by atoms with E-state index in [1.807, 2.05) is 0 Å². The Kier molecular flexibility index (Phi) is 4.03. The average molecular weight is 127 g/mol. The van der Waals surface area contributed by atoms with Crippen molar-refractivity contribution in [2.24, 2.45) is 0 Å². The third-order valence-corrected chi connectivity index (χ3v) is 2.34. The third kappa shape index (κ3) is 2.05. The van der Waals surface area contributed by atoms with E-state index >= 15 is 0 Å². The van der Waals surface area contributed by atoms with Crippen LogP contribution in [0.2, 0.25) is 19.0 Å². The van der Waals surface area contributed by atoms with Crippen molar-refractivity contribution in [1.82, 2.24) is 5.14 Å². The second kappa shape index (κ2) is 3.99. The molecule has 9 heavy (non-hydrogen) atoms. The fourth-order valence-electron chi connectivity index (χ4n) is 0.866. The van der Waals surface area contributed by atoms with E-state index in [4.69, 9.17) is 0 Å². The first-order valence-electron chi connectivity index (χ1n) is 3.63. The van der Waals surface area contributed by atoms with Gasteiger partial charge in [0.05, 0.1) is 0 Å². The van der Waals surface area contributed by atoms with Gasteiger partial charge in [0.1, 0.15) is 0 Å². The molecule has 56 valence electrons. The molecule has 0 heterocycles. The third-order valence-electron chi connectivity index (χ3n) is 2.34. The predicted octanol–water partition coefficient (Wildman–Crippen LogP) is 0.862. The summed E-state index contributed by atoms with van der Waals surface area (Å²) in [6, 6.07) is 0. The van der Waals surface area contributed by atoms with E-state index < -0.39 is 0 Å². The normalized spacial score (nSPS) is 12.0. The van der Waals surface area contributed by atoms with Crippen molar-refractivity contribution in [1.29, 1.82) is 0 Å². The molecule has 0 saturated heterocycles. The summed E-state index contributed by atoms with van der Waals surface area (Å²) in [4.78, 5) is 0. The highest BCUT2D eigenvalue weighted by Gasteiger charge is 2.11. The Labute approximate surface area is 60.0 Å². The minimum Gasteiger partial charge on any atom is -0.676 e. The van der Waals surface area contributed by atoms with Crippen LogP contribution in [0.5, 0.6) is 0 Å². The molecular formula is C6H19B2N-2. The Morgan fingerprint density at radius 1 is 1.11 bits per heavy atom. The molecule has 1 nitrogen and oxygen atoms in total. The first kappa shape index (κ1) is 9.09. The lowest BCUT2D eigenvalue weighted by Crippen LogP contribution is -2.47. The lowest BCUT2D eigenvalue weighted by molar-refractivity contribution is 1.11. The van der Waals surface area contributed by atoms with Crippen molar-refractivity contribution in [3.63, 3.8) is 0 Å². The number of rotatable bonds is 4. The molecule has 0 radical (unpaired) electrons. The highest BCUT2D eigenvalue weighted by Crippen LogP contribution is 2.14. The molecule has 0 unspecified atom stereocenters. The van der Waals surface area contributed by atoms with Crippen LogP contribution in [0, 0.1) is 0 Å². The number of nitrogens with one attached hydrogen (secondary N) is 1. The van der Waals surface area contributed by atoms with Gasteiger partial charge in [-0.2, -0.15) is 19.0 Å². The van der Waals surface area contributed by atoms with Crippen molar-refractivity contribution in [3.05, 3.63) is 0 Å². The second-order valence-electron chi connectivity index (χ2n) is 2.70. The predicted molar refractivity (Wildman–Crippen MR) is 50.3 cm³/mol. The Hall–Kier alpha value is 0.0899.